The number of ether oxygens (including phenoxy) is 2. The average Bonchev–Trinajstić information content (AvgIpc) is 3.09. The van der Waals surface area contributed by atoms with Gasteiger partial charge in [-0.1, -0.05) is 26.0 Å². The van der Waals surface area contributed by atoms with Crippen molar-refractivity contribution in [2.75, 3.05) is 26.5 Å². The molecule has 170 valence electrons. The molecule has 2 heterocycles. The summed E-state index contributed by atoms with van der Waals surface area (Å²) >= 11 is 0. The molecule has 4 rings (SSSR count). The molecule has 0 radical (unpaired) electrons. The van der Waals surface area contributed by atoms with Crippen LogP contribution in [0, 0.1) is 5.92 Å². The number of nitrogens with two attached hydrogens (primary N) is 1. The van der Waals surface area contributed by atoms with Crippen LogP contribution in [-0.4, -0.2) is 47.5 Å². The number of hydrogen-bond donors (Lipinski definition) is 2. The molecule has 0 saturated heterocycles. The van der Waals surface area contributed by atoms with Crippen molar-refractivity contribution < 1.29 is 14.3 Å². The Morgan fingerprint density at radius 2 is 1.82 bits per heavy atom. The third-order valence-corrected chi connectivity index (χ3v) is 5.10. The van der Waals surface area contributed by atoms with E-state index in [9.17, 15) is 4.79 Å². The third-order valence-electron chi connectivity index (χ3n) is 5.10. The van der Waals surface area contributed by atoms with Gasteiger partial charge in [0, 0.05) is 6.54 Å². The van der Waals surface area contributed by atoms with Gasteiger partial charge in [-0.15, -0.1) is 0 Å². The molecule has 0 bridgehead atoms. The van der Waals surface area contributed by atoms with E-state index in [1.54, 1.807) is 32.6 Å². The van der Waals surface area contributed by atoms with Gasteiger partial charge in [-0.25, -0.2) is 9.97 Å². The Labute approximate surface area is 191 Å². The molecule has 1 amide bonds. The van der Waals surface area contributed by atoms with Crippen LogP contribution in [-0.2, 0) is 0 Å². The lowest BCUT2D eigenvalue weighted by molar-refractivity contribution is 0.0951. The molecule has 9 heteroatoms. The summed E-state index contributed by atoms with van der Waals surface area (Å²) in [5, 5.41) is 7.44. The Bertz CT molecular complexity index is 1360. The van der Waals surface area contributed by atoms with Crippen molar-refractivity contribution in [3.63, 3.8) is 0 Å². The number of carbonyl (C=O) groups excluding carboxylic acids is 1. The molecule has 0 aliphatic heterocycles. The zero-order chi connectivity index (χ0) is 23.5. The van der Waals surface area contributed by atoms with Gasteiger partial charge in [-0.05, 0) is 41.8 Å². The van der Waals surface area contributed by atoms with Crippen LogP contribution in [0.5, 0.6) is 11.5 Å². The maximum Gasteiger partial charge on any atom is 0.257 e. The maximum atomic E-state index is 13.0. The summed E-state index contributed by atoms with van der Waals surface area (Å²) in [7, 11) is 3.14. The second-order valence-electron chi connectivity index (χ2n) is 7.92. The molecule has 0 spiro atoms. The van der Waals surface area contributed by atoms with Gasteiger partial charge >= 0.3 is 0 Å². The lowest BCUT2D eigenvalue weighted by Crippen LogP contribution is -2.28. The highest BCUT2D eigenvalue weighted by atomic mass is 16.5. The van der Waals surface area contributed by atoms with Gasteiger partial charge in [0.05, 0.1) is 31.5 Å². The number of benzene rings is 2. The van der Waals surface area contributed by atoms with Crippen molar-refractivity contribution in [2.45, 2.75) is 13.8 Å². The number of nitrogen functional groups attached to an aromatic ring is 1. The zero-order valence-corrected chi connectivity index (χ0v) is 19.0. The number of nitrogens with zero attached hydrogens (tertiary/aromatic N) is 4. The largest absolute Gasteiger partial charge is 0.493 e. The van der Waals surface area contributed by atoms with E-state index in [2.05, 4.69) is 15.4 Å². The summed E-state index contributed by atoms with van der Waals surface area (Å²) in [6.07, 6.45) is 1.62. The molecule has 33 heavy (non-hydrogen) atoms. The summed E-state index contributed by atoms with van der Waals surface area (Å²) < 4.78 is 12.1. The summed E-state index contributed by atoms with van der Waals surface area (Å²) in [6, 6.07) is 12.9. The van der Waals surface area contributed by atoms with Crippen LogP contribution < -0.4 is 20.5 Å². The summed E-state index contributed by atoms with van der Waals surface area (Å²) in [4.78, 5) is 22.4. The lowest BCUT2D eigenvalue weighted by atomic mass is 10.2. The minimum absolute atomic E-state index is 0.165. The molecule has 0 atom stereocenters. The number of para-hydroxylation sites is 2. The van der Waals surface area contributed by atoms with Gasteiger partial charge in [-0.3, -0.25) is 4.79 Å². The smallest absolute Gasteiger partial charge is 0.257 e. The highest BCUT2D eigenvalue weighted by Gasteiger charge is 2.24. The fourth-order valence-electron chi connectivity index (χ4n) is 3.43. The van der Waals surface area contributed by atoms with E-state index in [0.29, 0.717) is 46.2 Å². The van der Waals surface area contributed by atoms with E-state index in [-0.39, 0.29) is 17.3 Å². The Kier molecular flexibility index (Phi) is 6.12. The molecule has 0 aliphatic rings. The molecular weight excluding hydrogens is 420 g/mol. The number of amides is 1. The van der Waals surface area contributed by atoms with Crippen molar-refractivity contribution in [1.29, 1.82) is 0 Å². The first-order valence-electron chi connectivity index (χ1n) is 10.5. The standard InChI is InChI=1S/C24H26N6O3/c1-14(2)12-26-24(31)20-21-23(29-17-8-6-5-7-16(17)28-21)30(22(20)25)27-13-15-9-10-18(32-3)19(11-15)33-4/h5-11,13-14H,12,25H2,1-4H3,(H,26,31)/b27-13+. The molecule has 0 saturated carbocycles. The molecule has 3 N–H and O–H groups in total. The number of aromatic nitrogens is 3. The highest BCUT2D eigenvalue weighted by molar-refractivity contribution is 6.10. The number of nitrogens with one attached hydrogen (secondary N) is 1. The Balaban J connectivity index is 1.85. The Morgan fingerprint density at radius 3 is 2.48 bits per heavy atom. The number of methoxy groups -OCH3 is 2. The van der Waals surface area contributed by atoms with Crippen molar-refractivity contribution in [2.24, 2.45) is 11.0 Å². The van der Waals surface area contributed by atoms with Crippen molar-refractivity contribution in [1.82, 2.24) is 20.0 Å². The van der Waals surface area contributed by atoms with Gasteiger partial charge in [0.2, 0.25) is 0 Å². The van der Waals surface area contributed by atoms with E-state index >= 15 is 0 Å². The number of anilines is 1. The van der Waals surface area contributed by atoms with Crippen LogP contribution in [0.25, 0.3) is 22.2 Å². The zero-order valence-electron chi connectivity index (χ0n) is 19.0. The molecule has 9 nitrogen and oxygen atoms in total. The molecule has 0 unspecified atom stereocenters. The predicted molar refractivity (Wildman–Crippen MR) is 129 cm³/mol. The molecule has 2 aromatic heterocycles. The summed E-state index contributed by atoms with van der Waals surface area (Å²) in [5.41, 5.74) is 9.58. The number of fused-ring (bicyclic) bond motifs is 2. The molecule has 0 aliphatic carbocycles. The predicted octanol–water partition coefficient (Wildman–Crippen LogP) is 3.45. The minimum Gasteiger partial charge on any atom is -0.493 e. The fourth-order valence-corrected chi connectivity index (χ4v) is 3.43. The van der Waals surface area contributed by atoms with Gasteiger partial charge in [0.15, 0.2) is 17.1 Å². The number of hydrogen-bond acceptors (Lipinski definition) is 7. The first-order valence-corrected chi connectivity index (χ1v) is 10.5. The second-order valence-corrected chi connectivity index (χ2v) is 7.92. The monoisotopic (exact) mass is 446 g/mol. The topological polar surface area (TPSA) is 117 Å². The van der Waals surface area contributed by atoms with E-state index in [0.717, 1.165) is 5.56 Å². The fraction of sp³-hybridized carbons (Fsp3) is 0.250. The maximum absolute atomic E-state index is 13.0. The summed E-state index contributed by atoms with van der Waals surface area (Å²) in [6.45, 7) is 4.56. The van der Waals surface area contributed by atoms with Gasteiger partial charge < -0.3 is 20.5 Å². The first kappa shape index (κ1) is 22.1. The minimum atomic E-state index is -0.309. The van der Waals surface area contributed by atoms with Gasteiger partial charge in [0.1, 0.15) is 16.9 Å². The van der Waals surface area contributed by atoms with Crippen molar-refractivity contribution in [3.05, 3.63) is 53.6 Å². The van der Waals surface area contributed by atoms with Gasteiger partial charge in [0.25, 0.3) is 5.91 Å². The second kappa shape index (κ2) is 9.15. The molecule has 2 aromatic carbocycles. The first-order chi connectivity index (χ1) is 15.9. The normalized spacial score (nSPS) is 11.5. The lowest BCUT2D eigenvalue weighted by Gasteiger charge is -2.08. The van der Waals surface area contributed by atoms with Crippen LogP contribution in [0.1, 0.15) is 29.8 Å². The van der Waals surface area contributed by atoms with Crippen LogP contribution in [0.15, 0.2) is 47.6 Å². The molecule has 4 aromatic rings. The van der Waals surface area contributed by atoms with Crippen molar-refractivity contribution >= 4 is 40.1 Å². The Hall–Kier alpha value is -4.14. The van der Waals surface area contributed by atoms with Crippen LogP contribution in [0.2, 0.25) is 0 Å². The number of carbonyl (C=O) groups is 1. The number of rotatable bonds is 7. The van der Waals surface area contributed by atoms with E-state index < -0.39 is 0 Å². The third kappa shape index (κ3) is 4.30. The quantitative estimate of drug-likeness (QED) is 0.420. The average molecular weight is 447 g/mol. The van der Waals surface area contributed by atoms with E-state index in [1.165, 1.54) is 4.68 Å². The van der Waals surface area contributed by atoms with E-state index in [4.69, 9.17) is 20.2 Å². The van der Waals surface area contributed by atoms with Gasteiger partial charge in [-0.2, -0.15) is 9.78 Å². The highest BCUT2D eigenvalue weighted by Crippen LogP contribution is 2.29. The molecular formula is C24H26N6O3. The summed E-state index contributed by atoms with van der Waals surface area (Å²) in [5.74, 6) is 1.33. The van der Waals surface area contributed by atoms with Crippen LogP contribution in [0.4, 0.5) is 5.82 Å². The van der Waals surface area contributed by atoms with Crippen LogP contribution >= 0.6 is 0 Å². The van der Waals surface area contributed by atoms with Crippen LogP contribution in [0.3, 0.4) is 0 Å². The van der Waals surface area contributed by atoms with E-state index in [1.807, 2.05) is 44.2 Å². The van der Waals surface area contributed by atoms with Crippen molar-refractivity contribution in [3.8, 4) is 11.5 Å². The Morgan fingerprint density at radius 1 is 1.12 bits per heavy atom. The molecule has 0 fully saturated rings. The SMILES string of the molecule is COc1ccc(/C=N/n2c(N)c(C(=O)NCC(C)C)c3nc4ccccc4nc32)cc1OC.